The first-order valence-electron chi connectivity index (χ1n) is 6.83. The van der Waals surface area contributed by atoms with E-state index in [1.54, 1.807) is 17.0 Å². The van der Waals surface area contributed by atoms with Crippen molar-refractivity contribution in [1.82, 2.24) is 4.57 Å². The third-order valence-electron chi connectivity index (χ3n) is 3.28. The molecule has 0 saturated carbocycles. The number of rotatable bonds is 4. The molecule has 0 atom stereocenters. The van der Waals surface area contributed by atoms with Crippen LogP contribution in [0.4, 0.5) is 13.2 Å². The first-order chi connectivity index (χ1) is 11.7. The van der Waals surface area contributed by atoms with Gasteiger partial charge in [0.1, 0.15) is 12.0 Å². The molecule has 0 aliphatic heterocycles. The lowest BCUT2D eigenvalue weighted by Crippen LogP contribution is -2.29. The van der Waals surface area contributed by atoms with Crippen LogP contribution in [0.25, 0.3) is 10.8 Å². The summed E-state index contributed by atoms with van der Waals surface area (Å²) in [5, 5.41) is 1.92. The molecular weight excluding hydrogens is 363 g/mol. The van der Waals surface area contributed by atoms with Crippen molar-refractivity contribution in [2.24, 2.45) is 0 Å². The summed E-state index contributed by atoms with van der Waals surface area (Å²) in [6.45, 7) is 0.135. The van der Waals surface area contributed by atoms with E-state index in [9.17, 15) is 26.4 Å². The number of nitrogens with zero attached hydrogens (tertiary/aromatic N) is 1. The molecule has 0 unspecified atom stereocenters. The Morgan fingerprint density at radius 3 is 2.24 bits per heavy atom. The van der Waals surface area contributed by atoms with E-state index in [-0.39, 0.29) is 12.3 Å². The minimum Gasteiger partial charge on any atom is -0.463 e. The van der Waals surface area contributed by atoms with Crippen molar-refractivity contribution in [1.29, 1.82) is 0 Å². The van der Waals surface area contributed by atoms with Crippen molar-refractivity contribution >= 4 is 20.9 Å². The third kappa shape index (κ3) is 3.53. The van der Waals surface area contributed by atoms with Crippen LogP contribution < -0.4 is 9.61 Å². The lowest BCUT2D eigenvalue weighted by molar-refractivity contribution is -0.0500. The molecule has 1 aromatic carbocycles. The van der Waals surface area contributed by atoms with Gasteiger partial charge in [-0.25, -0.2) is 0 Å². The summed E-state index contributed by atoms with van der Waals surface area (Å²) in [6, 6.07) is 8.38. The molecular formula is C15H10F3NO5S. The van der Waals surface area contributed by atoms with Crippen LogP contribution in [0.2, 0.25) is 0 Å². The Bertz CT molecular complexity index is 1050. The Balaban J connectivity index is 1.83. The minimum absolute atomic E-state index is 0.127. The molecule has 3 aromatic rings. The van der Waals surface area contributed by atoms with Crippen molar-refractivity contribution in [3.63, 3.8) is 0 Å². The molecule has 6 nitrogen and oxygen atoms in total. The molecule has 0 spiro atoms. The fraction of sp³-hybridized carbons (Fsp3) is 0.133. The van der Waals surface area contributed by atoms with Gasteiger partial charge in [-0.1, -0.05) is 24.3 Å². The quantitative estimate of drug-likeness (QED) is 0.519. The highest BCUT2D eigenvalue weighted by Crippen LogP contribution is 2.25. The monoisotopic (exact) mass is 373 g/mol. The number of fused-ring (bicyclic) bond motifs is 1. The van der Waals surface area contributed by atoms with E-state index in [1.165, 1.54) is 0 Å². The first-order valence-corrected chi connectivity index (χ1v) is 8.23. The van der Waals surface area contributed by atoms with Gasteiger partial charge < -0.3 is 13.2 Å². The van der Waals surface area contributed by atoms with E-state index in [1.807, 2.05) is 24.3 Å². The summed E-state index contributed by atoms with van der Waals surface area (Å²) in [4.78, 5) is 11.8. The van der Waals surface area contributed by atoms with Crippen LogP contribution in [-0.4, -0.2) is 18.5 Å². The van der Waals surface area contributed by atoms with Gasteiger partial charge >= 0.3 is 15.6 Å². The highest BCUT2D eigenvalue weighted by Gasteiger charge is 2.49. The molecule has 0 saturated heterocycles. The zero-order chi connectivity index (χ0) is 18.2. The van der Waals surface area contributed by atoms with Crippen molar-refractivity contribution in [3.05, 3.63) is 65.0 Å². The van der Waals surface area contributed by atoms with Crippen LogP contribution in [-0.2, 0) is 16.7 Å². The van der Waals surface area contributed by atoms with Crippen molar-refractivity contribution < 1.29 is 30.2 Å². The number of halogens is 3. The van der Waals surface area contributed by atoms with Gasteiger partial charge in [-0.3, -0.25) is 4.79 Å². The summed E-state index contributed by atoms with van der Waals surface area (Å²) < 4.78 is 69.2. The Kier molecular flexibility index (Phi) is 4.07. The third-order valence-corrected chi connectivity index (χ3v) is 4.25. The largest absolute Gasteiger partial charge is 0.534 e. The highest BCUT2D eigenvalue weighted by atomic mass is 32.2. The second kappa shape index (κ2) is 5.96. The van der Waals surface area contributed by atoms with Crippen LogP contribution in [0.1, 0.15) is 5.76 Å². The van der Waals surface area contributed by atoms with E-state index in [0.29, 0.717) is 6.26 Å². The molecule has 0 amide bonds. The smallest absolute Gasteiger partial charge is 0.463 e. The van der Waals surface area contributed by atoms with Gasteiger partial charge in [0.15, 0.2) is 0 Å². The number of hydrogen-bond donors (Lipinski definition) is 0. The topological polar surface area (TPSA) is 78.5 Å². The van der Waals surface area contributed by atoms with Crippen molar-refractivity contribution in [2.75, 3.05) is 0 Å². The molecule has 3 rings (SSSR count). The van der Waals surface area contributed by atoms with Gasteiger partial charge in [-0.15, -0.1) is 0 Å². The first kappa shape index (κ1) is 17.1. The van der Waals surface area contributed by atoms with E-state index >= 15 is 0 Å². The molecule has 132 valence electrons. The fourth-order valence-corrected chi connectivity index (χ4v) is 2.61. The maximum Gasteiger partial charge on any atom is 0.534 e. The van der Waals surface area contributed by atoms with Crippen LogP contribution in [0.15, 0.2) is 58.2 Å². The maximum atomic E-state index is 12.3. The standard InChI is InChI=1S/C15H10F3NO5S/c16-15(17,18)25(21,22)24-14-9-23-12(5-13(14)20)8-19-6-10-3-1-2-4-11(10)7-19/h1-7,9H,8H2. The van der Waals surface area contributed by atoms with E-state index in [2.05, 4.69) is 4.18 Å². The van der Waals surface area contributed by atoms with Crippen molar-refractivity contribution in [2.45, 2.75) is 12.1 Å². The molecule has 25 heavy (non-hydrogen) atoms. The zero-order valence-corrected chi connectivity index (χ0v) is 13.2. The molecule has 0 aliphatic carbocycles. The van der Waals surface area contributed by atoms with Gasteiger partial charge in [0.2, 0.25) is 11.2 Å². The van der Waals surface area contributed by atoms with Gasteiger partial charge in [0.25, 0.3) is 0 Å². The predicted molar refractivity (Wildman–Crippen MR) is 81.6 cm³/mol. The van der Waals surface area contributed by atoms with Crippen LogP contribution in [0, 0.1) is 0 Å². The van der Waals surface area contributed by atoms with Crippen LogP contribution in [0.5, 0.6) is 5.75 Å². The molecule has 0 aliphatic rings. The second-order valence-corrected chi connectivity index (χ2v) is 6.66. The summed E-state index contributed by atoms with van der Waals surface area (Å²) in [5.74, 6) is -0.930. The summed E-state index contributed by atoms with van der Waals surface area (Å²) >= 11 is 0. The number of hydrogen-bond acceptors (Lipinski definition) is 5. The molecule has 10 heteroatoms. The fourth-order valence-electron chi connectivity index (χ4n) is 2.16. The molecule has 0 N–H and O–H groups in total. The number of benzene rings is 1. The molecule has 0 bridgehead atoms. The average Bonchev–Trinajstić information content (AvgIpc) is 2.91. The lowest BCUT2D eigenvalue weighted by Gasteiger charge is -2.08. The average molecular weight is 373 g/mol. The normalized spacial score (nSPS) is 12.4. The highest BCUT2D eigenvalue weighted by molar-refractivity contribution is 7.87. The number of alkyl halides is 3. The summed E-state index contributed by atoms with van der Waals surface area (Å²) in [7, 11) is -5.93. The summed E-state index contributed by atoms with van der Waals surface area (Å²) in [5.41, 5.74) is -6.67. The SMILES string of the molecule is O=c1cc(Cn2cc3ccccc3c2)occ1OS(=O)(=O)C(F)(F)F. The van der Waals surface area contributed by atoms with Crippen LogP contribution in [0.3, 0.4) is 0 Å². The van der Waals surface area contributed by atoms with Gasteiger partial charge in [-0.2, -0.15) is 21.6 Å². The van der Waals surface area contributed by atoms with Gasteiger partial charge in [0.05, 0.1) is 6.54 Å². The Labute approximate surface area is 139 Å². The number of aromatic nitrogens is 1. The zero-order valence-electron chi connectivity index (χ0n) is 12.4. The summed E-state index contributed by atoms with van der Waals surface area (Å²) in [6.07, 6.45) is 4.14. The van der Waals surface area contributed by atoms with E-state index in [4.69, 9.17) is 4.42 Å². The van der Waals surface area contributed by atoms with Crippen LogP contribution >= 0.6 is 0 Å². The Morgan fingerprint density at radius 1 is 1.12 bits per heavy atom. The Hall–Kier alpha value is -2.75. The van der Waals surface area contributed by atoms with Gasteiger partial charge in [0, 0.05) is 18.5 Å². The van der Waals surface area contributed by atoms with Gasteiger partial charge in [-0.05, 0) is 10.8 Å². The molecule has 2 aromatic heterocycles. The Morgan fingerprint density at radius 2 is 1.72 bits per heavy atom. The lowest BCUT2D eigenvalue weighted by atomic mass is 10.2. The van der Waals surface area contributed by atoms with E-state index in [0.717, 1.165) is 16.8 Å². The second-order valence-electron chi connectivity index (χ2n) is 5.12. The van der Waals surface area contributed by atoms with Crippen molar-refractivity contribution in [3.8, 4) is 5.75 Å². The predicted octanol–water partition coefficient (Wildman–Crippen LogP) is 2.87. The molecule has 0 radical (unpaired) electrons. The van der Waals surface area contributed by atoms with E-state index < -0.39 is 26.8 Å². The maximum absolute atomic E-state index is 12.3. The molecule has 0 fully saturated rings. The minimum atomic E-state index is -5.93. The molecule has 2 heterocycles.